The second-order valence-electron chi connectivity index (χ2n) is 3.97. The van der Waals surface area contributed by atoms with E-state index >= 15 is 0 Å². The van der Waals surface area contributed by atoms with Gasteiger partial charge >= 0.3 is 5.97 Å². The standard InChI is InChI=1S/C14H8ClFN2O3/c1-21-11-3-2-10(15)13(16)12(11)8-4-7(5-17)18-6-9(8)14(19)20/h2-4,6H,1H3,(H,19,20). The Bertz CT molecular complexity index is 772. The Kier molecular flexibility index (Phi) is 4.05. The Hall–Kier alpha value is -2.65. The fourth-order valence-corrected chi connectivity index (χ4v) is 2.01. The van der Waals surface area contributed by atoms with Gasteiger partial charge in [-0.2, -0.15) is 5.26 Å². The summed E-state index contributed by atoms with van der Waals surface area (Å²) in [5, 5.41) is 17.9. The molecule has 7 heteroatoms. The lowest BCUT2D eigenvalue weighted by molar-refractivity contribution is 0.0697. The van der Waals surface area contributed by atoms with Gasteiger partial charge in [0.25, 0.3) is 0 Å². The molecule has 0 aliphatic carbocycles. The molecule has 0 aliphatic heterocycles. The molecule has 106 valence electrons. The number of carboxylic acid groups (broad SMARTS) is 1. The highest BCUT2D eigenvalue weighted by molar-refractivity contribution is 6.31. The fraction of sp³-hybridized carbons (Fsp3) is 0.0714. The number of aromatic carboxylic acids is 1. The molecule has 2 rings (SSSR count). The molecule has 0 saturated heterocycles. The molecule has 1 N–H and O–H groups in total. The van der Waals surface area contributed by atoms with Crippen LogP contribution < -0.4 is 4.74 Å². The van der Waals surface area contributed by atoms with Crippen LogP contribution in [0, 0.1) is 17.1 Å². The third kappa shape index (κ3) is 2.64. The number of methoxy groups -OCH3 is 1. The third-order valence-electron chi connectivity index (χ3n) is 2.79. The lowest BCUT2D eigenvalue weighted by Crippen LogP contribution is -2.04. The second-order valence-corrected chi connectivity index (χ2v) is 4.38. The van der Waals surface area contributed by atoms with Crippen LogP contribution in [0.3, 0.4) is 0 Å². The van der Waals surface area contributed by atoms with Crippen LogP contribution in [-0.2, 0) is 0 Å². The van der Waals surface area contributed by atoms with Crippen molar-refractivity contribution in [2.24, 2.45) is 0 Å². The number of carboxylic acids is 1. The van der Waals surface area contributed by atoms with Gasteiger partial charge in [0.15, 0.2) is 5.82 Å². The average Bonchev–Trinajstić information content (AvgIpc) is 2.49. The first kappa shape index (κ1) is 14.8. The molecule has 0 unspecified atom stereocenters. The number of pyridine rings is 1. The Labute approximate surface area is 124 Å². The minimum absolute atomic E-state index is 0.0223. The van der Waals surface area contributed by atoms with Crippen molar-refractivity contribution in [3.05, 3.63) is 46.5 Å². The van der Waals surface area contributed by atoms with Crippen LogP contribution in [0.25, 0.3) is 11.1 Å². The minimum Gasteiger partial charge on any atom is -0.496 e. The lowest BCUT2D eigenvalue weighted by atomic mass is 9.99. The number of nitriles is 1. The number of aromatic nitrogens is 1. The van der Waals surface area contributed by atoms with Crippen molar-refractivity contribution in [1.82, 2.24) is 4.98 Å². The average molecular weight is 307 g/mol. The van der Waals surface area contributed by atoms with E-state index in [2.05, 4.69) is 4.98 Å². The van der Waals surface area contributed by atoms with E-state index in [1.165, 1.54) is 25.3 Å². The first-order valence-electron chi connectivity index (χ1n) is 5.65. The summed E-state index contributed by atoms with van der Waals surface area (Å²) in [5.41, 5.74) is -0.447. The maximum atomic E-state index is 14.3. The number of benzene rings is 1. The molecule has 1 aromatic heterocycles. The van der Waals surface area contributed by atoms with Gasteiger partial charge in [0.2, 0.25) is 0 Å². The first-order chi connectivity index (χ1) is 9.99. The van der Waals surface area contributed by atoms with Crippen molar-refractivity contribution in [3.63, 3.8) is 0 Å². The Morgan fingerprint density at radius 1 is 1.52 bits per heavy atom. The van der Waals surface area contributed by atoms with E-state index in [0.29, 0.717) is 0 Å². The van der Waals surface area contributed by atoms with Crippen molar-refractivity contribution >= 4 is 17.6 Å². The number of hydrogen-bond acceptors (Lipinski definition) is 4. The molecule has 2 aromatic rings. The number of carbonyl (C=O) groups is 1. The first-order valence-corrected chi connectivity index (χ1v) is 6.03. The number of rotatable bonds is 3. The summed E-state index contributed by atoms with van der Waals surface area (Å²) in [5.74, 6) is -2.02. The van der Waals surface area contributed by atoms with E-state index in [1.54, 1.807) is 6.07 Å². The molecule has 0 bridgehead atoms. The van der Waals surface area contributed by atoms with E-state index in [-0.39, 0.29) is 33.2 Å². The highest BCUT2D eigenvalue weighted by atomic mass is 35.5. The summed E-state index contributed by atoms with van der Waals surface area (Å²) in [6.07, 6.45) is 0.996. The molecule has 0 aliphatic rings. The Morgan fingerprint density at radius 3 is 2.81 bits per heavy atom. The molecule has 0 atom stereocenters. The van der Waals surface area contributed by atoms with E-state index in [0.717, 1.165) is 6.20 Å². The van der Waals surface area contributed by atoms with Gasteiger partial charge in [-0.05, 0) is 18.2 Å². The molecule has 0 amide bonds. The van der Waals surface area contributed by atoms with Crippen LogP contribution >= 0.6 is 11.6 Å². The molecule has 1 aromatic carbocycles. The van der Waals surface area contributed by atoms with Gasteiger partial charge < -0.3 is 9.84 Å². The topological polar surface area (TPSA) is 83.2 Å². The van der Waals surface area contributed by atoms with Gasteiger partial charge in [0, 0.05) is 11.8 Å². The Morgan fingerprint density at radius 2 is 2.24 bits per heavy atom. The van der Waals surface area contributed by atoms with Crippen molar-refractivity contribution in [3.8, 4) is 22.9 Å². The van der Waals surface area contributed by atoms with Gasteiger partial charge in [-0.15, -0.1) is 0 Å². The summed E-state index contributed by atoms with van der Waals surface area (Å²) in [4.78, 5) is 14.9. The summed E-state index contributed by atoms with van der Waals surface area (Å²) < 4.78 is 19.4. The smallest absolute Gasteiger partial charge is 0.337 e. The highest BCUT2D eigenvalue weighted by Crippen LogP contribution is 2.37. The molecular formula is C14H8ClFN2O3. The van der Waals surface area contributed by atoms with Crippen LogP contribution in [0.4, 0.5) is 4.39 Å². The predicted octanol–water partition coefficient (Wildman–Crippen LogP) is 3.12. The van der Waals surface area contributed by atoms with Crippen molar-refractivity contribution in [2.75, 3.05) is 7.11 Å². The van der Waals surface area contributed by atoms with Crippen LogP contribution in [0.15, 0.2) is 24.4 Å². The molecule has 5 nitrogen and oxygen atoms in total. The highest BCUT2D eigenvalue weighted by Gasteiger charge is 2.22. The molecule has 0 fully saturated rings. The fourth-order valence-electron chi connectivity index (χ4n) is 1.85. The predicted molar refractivity (Wildman–Crippen MR) is 72.9 cm³/mol. The minimum atomic E-state index is -1.30. The van der Waals surface area contributed by atoms with Crippen molar-refractivity contribution < 1.29 is 19.0 Å². The molecule has 0 radical (unpaired) electrons. The molecule has 21 heavy (non-hydrogen) atoms. The van der Waals surface area contributed by atoms with Crippen LogP contribution in [0.2, 0.25) is 5.02 Å². The maximum absolute atomic E-state index is 14.3. The second kappa shape index (κ2) is 5.77. The van der Waals surface area contributed by atoms with Crippen molar-refractivity contribution in [2.45, 2.75) is 0 Å². The van der Waals surface area contributed by atoms with Gasteiger partial charge in [-0.25, -0.2) is 14.2 Å². The van der Waals surface area contributed by atoms with Gasteiger partial charge in [-0.3, -0.25) is 0 Å². The van der Waals surface area contributed by atoms with Gasteiger partial charge in [0.1, 0.15) is 17.5 Å². The number of halogens is 2. The van der Waals surface area contributed by atoms with E-state index in [1.807, 2.05) is 0 Å². The number of nitrogens with zero attached hydrogens (tertiary/aromatic N) is 2. The molecular weight excluding hydrogens is 299 g/mol. The van der Waals surface area contributed by atoms with Gasteiger partial charge in [0.05, 0.1) is 23.3 Å². The molecule has 0 saturated carbocycles. The van der Waals surface area contributed by atoms with Crippen LogP contribution in [0.5, 0.6) is 5.75 Å². The van der Waals surface area contributed by atoms with Crippen molar-refractivity contribution in [1.29, 1.82) is 5.26 Å². The van der Waals surface area contributed by atoms with E-state index in [4.69, 9.17) is 21.6 Å². The van der Waals surface area contributed by atoms with Gasteiger partial charge in [-0.1, -0.05) is 11.6 Å². The van der Waals surface area contributed by atoms with E-state index in [9.17, 15) is 14.3 Å². The number of ether oxygens (including phenoxy) is 1. The molecule has 0 spiro atoms. The zero-order chi connectivity index (χ0) is 15.6. The largest absolute Gasteiger partial charge is 0.496 e. The summed E-state index contributed by atoms with van der Waals surface area (Å²) >= 11 is 5.74. The zero-order valence-electron chi connectivity index (χ0n) is 10.7. The SMILES string of the molecule is COc1ccc(Cl)c(F)c1-c1cc(C#N)ncc1C(=O)O. The normalized spacial score (nSPS) is 10.0. The van der Waals surface area contributed by atoms with Crippen LogP contribution in [0.1, 0.15) is 16.1 Å². The number of hydrogen-bond donors (Lipinski definition) is 1. The third-order valence-corrected chi connectivity index (χ3v) is 3.09. The van der Waals surface area contributed by atoms with Crippen LogP contribution in [-0.4, -0.2) is 23.2 Å². The summed E-state index contributed by atoms with van der Waals surface area (Å²) in [7, 11) is 1.32. The quantitative estimate of drug-likeness (QED) is 0.942. The summed E-state index contributed by atoms with van der Waals surface area (Å²) in [6, 6.07) is 5.67. The monoisotopic (exact) mass is 306 g/mol. The lowest BCUT2D eigenvalue weighted by Gasteiger charge is -2.13. The maximum Gasteiger partial charge on any atom is 0.337 e. The summed E-state index contributed by atoms with van der Waals surface area (Å²) in [6.45, 7) is 0. The van der Waals surface area contributed by atoms with E-state index < -0.39 is 11.8 Å². The zero-order valence-corrected chi connectivity index (χ0v) is 11.5. The molecule has 1 heterocycles. The Balaban J connectivity index is 2.86.